The van der Waals surface area contributed by atoms with Crippen LogP contribution in [0.5, 0.6) is 11.5 Å². The highest BCUT2D eigenvalue weighted by Gasteiger charge is 2.19. The first kappa shape index (κ1) is 10.8. The number of hydrogen-bond acceptors (Lipinski definition) is 3. The summed E-state index contributed by atoms with van der Waals surface area (Å²) < 4.78 is 11.0. The van der Waals surface area contributed by atoms with Gasteiger partial charge in [0.1, 0.15) is 13.2 Å². The van der Waals surface area contributed by atoms with Gasteiger partial charge in [-0.1, -0.05) is 12.1 Å². The molecule has 0 aromatic heterocycles. The zero-order valence-electron chi connectivity index (χ0n) is 9.19. The van der Waals surface area contributed by atoms with E-state index < -0.39 is 6.10 Å². The molecule has 1 heterocycles. The molecule has 0 amide bonds. The maximum atomic E-state index is 9.97. The summed E-state index contributed by atoms with van der Waals surface area (Å²) >= 11 is 0. The molecule has 84 valence electrons. The van der Waals surface area contributed by atoms with Crippen LogP contribution in [0, 0.1) is 11.8 Å². The number of rotatable bonds is 2. The number of hydrogen-bond donors (Lipinski definition) is 1. The summed E-state index contributed by atoms with van der Waals surface area (Å²) in [5.74, 6) is 6.98. The summed E-state index contributed by atoms with van der Waals surface area (Å²) in [5, 5.41) is 9.97. The lowest BCUT2D eigenvalue weighted by Gasteiger charge is -2.22. The van der Waals surface area contributed by atoms with E-state index in [2.05, 4.69) is 11.8 Å². The predicted octanol–water partition coefficient (Wildman–Crippen LogP) is 1.90. The molecule has 3 nitrogen and oxygen atoms in total. The first-order valence-corrected chi connectivity index (χ1v) is 5.29. The van der Waals surface area contributed by atoms with Gasteiger partial charge in [0, 0.05) is 12.0 Å². The third-order valence-electron chi connectivity index (χ3n) is 2.43. The highest BCUT2D eigenvalue weighted by Crippen LogP contribution is 2.37. The Morgan fingerprint density at radius 1 is 1.38 bits per heavy atom. The Kier molecular flexibility index (Phi) is 3.33. The minimum absolute atomic E-state index is 0.413. The first-order valence-electron chi connectivity index (χ1n) is 5.29. The summed E-state index contributed by atoms with van der Waals surface area (Å²) in [6.07, 6.45) is -0.208. The lowest BCUT2D eigenvalue weighted by atomic mass is 10.0. The molecule has 0 aliphatic carbocycles. The molecule has 1 N–H and O–H groups in total. The average molecular weight is 218 g/mol. The van der Waals surface area contributed by atoms with Crippen LogP contribution < -0.4 is 9.47 Å². The van der Waals surface area contributed by atoms with Gasteiger partial charge in [-0.15, -0.1) is 11.8 Å². The van der Waals surface area contributed by atoms with Crippen molar-refractivity contribution in [2.75, 3.05) is 13.2 Å². The molecule has 0 fully saturated rings. The Hall–Kier alpha value is -1.66. The zero-order chi connectivity index (χ0) is 11.4. The van der Waals surface area contributed by atoms with Crippen molar-refractivity contribution in [2.24, 2.45) is 0 Å². The molecule has 16 heavy (non-hydrogen) atoms. The molecule has 0 bridgehead atoms. The van der Waals surface area contributed by atoms with Gasteiger partial charge in [0.15, 0.2) is 11.5 Å². The molecule has 0 saturated heterocycles. The van der Waals surface area contributed by atoms with Gasteiger partial charge in [-0.2, -0.15) is 0 Å². The van der Waals surface area contributed by atoms with Crippen LogP contribution in [0.2, 0.25) is 0 Å². The topological polar surface area (TPSA) is 38.7 Å². The van der Waals surface area contributed by atoms with Crippen LogP contribution in [0.1, 0.15) is 25.0 Å². The Morgan fingerprint density at radius 3 is 3.00 bits per heavy atom. The number of aliphatic hydroxyl groups is 1. The van der Waals surface area contributed by atoms with Gasteiger partial charge in [0.25, 0.3) is 0 Å². The molecule has 1 aromatic rings. The molecular weight excluding hydrogens is 204 g/mol. The molecule has 3 heteroatoms. The molecule has 0 saturated carbocycles. The average Bonchev–Trinajstić information content (AvgIpc) is 2.35. The van der Waals surface area contributed by atoms with E-state index in [4.69, 9.17) is 9.47 Å². The SMILES string of the molecule is CC#CCC(O)c1cccc2c1OCCO2. The second kappa shape index (κ2) is 4.91. The van der Waals surface area contributed by atoms with Crippen LogP contribution in [0.4, 0.5) is 0 Å². The van der Waals surface area contributed by atoms with Crippen molar-refractivity contribution in [2.45, 2.75) is 19.4 Å². The lowest BCUT2D eigenvalue weighted by molar-refractivity contribution is 0.148. The number of para-hydroxylation sites is 1. The van der Waals surface area contributed by atoms with Gasteiger partial charge in [-0.25, -0.2) is 0 Å². The summed E-state index contributed by atoms with van der Waals surface area (Å²) in [7, 11) is 0. The van der Waals surface area contributed by atoms with E-state index in [0.717, 1.165) is 5.56 Å². The molecule has 1 aliphatic rings. The van der Waals surface area contributed by atoms with Crippen molar-refractivity contribution in [1.82, 2.24) is 0 Å². The Balaban J connectivity index is 2.28. The molecule has 1 aromatic carbocycles. The van der Waals surface area contributed by atoms with Crippen LogP contribution >= 0.6 is 0 Å². The van der Waals surface area contributed by atoms with Gasteiger partial charge < -0.3 is 14.6 Å². The summed E-state index contributed by atoms with van der Waals surface area (Å²) in [6.45, 7) is 2.84. The highest BCUT2D eigenvalue weighted by atomic mass is 16.6. The van der Waals surface area contributed by atoms with E-state index >= 15 is 0 Å². The van der Waals surface area contributed by atoms with Gasteiger partial charge in [-0.3, -0.25) is 0 Å². The summed E-state index contributed by atoms with van der Waals surface area (Å²) in [5.41, 5.74) is 0.750. The lowest BCUT2D eigenvalue weighted by Crippen LogP contribution is -2.17. The van der Waals surface area contributed by atoms with Crippen molar-refractivity contribution < 1.29 is 14.6 Å². The fourth-order valence-corrected chi connectivity index (χ4v) is 1.67. The monoisotopic (exact) mass is 218 g/mol. The largest absolute Gasteiger partial charge is 0.486 e. The fraction of sp³-hybridized carbons (Fsp3) is 0.385. The van der Waals surface area contributed by atoms with Crippen LogP contribution in [0.15, 0.2) is 18.2 Å². The molecule has 0 radical (unpaired) electrons. The molecular formula is C13H14O3. The maximum Gasteiger partial charge on any atom is 0.167 e. The first-order chi connectivity index (χ1) is 7.83. The predicted molar refractivity (Wildman–Crippen MR) is 60.5 cm³/mol. The molecule has 0 spiro atoms. The number of fused-ring (bicyclic) bond motifs is 1. The normalized spacial score (nSPS) is 14.9. The van der Waals surface area contributed by atoms with E-state index in [0.29, 0.717) is 31.1 Å². The van der Waals surface area contributed by atoms with Gasteiger partial charge in [0.05, 0.1) is 6.10 Å². The van der Waals surface area contributed by atoms with Crippen LogP contribution in [-0.4, -0.2) is 18.3 Å². The van der Waals surface area contributed by atoms with Crippen molar-refractivity contribution in [3.63, 3.8) is 0 Å². The van der Waals surface area contributed by atoms with Crippen LogP contribution in [0.3, 0.4) is 0 Å². The van der Waals surface area contributed by atoms with Crippen molar-refractivity contribution in [3.05, 3.63) is 23.8 Å². The minimum atomic E-state index is -0.621. The van der Waals surface area contributed by atoms with Gasteiger partial charge in [0.2, 0.25) is 0 Å². The minimum Gasteiger partial charge on any atom is -0.486 e. The van der Waals surface area contributed by atoms with Crippen molar-refractivity contribution in [1.29, 1.82) is 0 Å². The quantitative estimate of drug-likeness (QED) is 0.770. The van der Waals surface area contributed by atoms with E-state index in [1.165, 1.54) is 0 Å². The Labute approximate surface area is 95.0 Å². The van der Waals surface area contributed by atoms with Crippen LogP contribution in [-0.2, 0) is 0 Å². The molecule has 1 aliphatic heterocycles. The van der Waals surface area contributed by atoms with E-state index in [1.54, 1.807) is 6.92 Å². The second-order valence-electron chi connectivity index (χ2n) is 3.52. The Morgan fingerprint density at radius 2 is 2.19 bits per heavy atom. The molecule has 1 atom stereocenters. The van der Waals surface area contributed by atoms with Gasteiger partial charge >= 0.3 is 0 Å². The maximum absolute atomic E-state index is 9.97. The summed E-state index contributed by atoms with van der Waals surface area (Å²) in [6, 6.07) is 5.54. The second-order valence-corrected chi connectivity index (χ2v) is 3.52. The third kappa shape index (κ3) is 2.12. The smallest absolute Gasteiger partial charge is 0.167 e. The summed E-state index contributed by atoms with van der Waals surface area (Å²) in [4.78, 5) is 0. The Bertz CT molecular complexity index is 429. The molecule has 2 rings (SSSR count). The van der Waals surface area contributed by atoms with E-state index in [-0.39, 0.29) is 0 Å². The van der Waals surface area contributed by atoms with Gasteiger partial charge in [-0.05, 0) is 13.0 Å². The fourth-order valence-electron chi connectivity index (χ4n) is 1.67. The van der Waals surface area contributed by atoms with E-state index in [1.807, 2.05) is 18.2 Å². The molecule has 1 unspecified atom stereocenters. The van der Waals surface area contributed by atoms with Crippen molar-refractivity contribution >= 4 is 0 Å². The standard InChI is InChI=1S/C13H14O3/c1-2-3-6-11(14)10-5-4-7-12-13(10)16-9-8-15-12/h4-5,7,11,14H,6,8-9H2,1H3. The zero-order valence-corrected chi connectivity index (χ0v) is 9.19. The number of benzene rings is 1. The number of aliphatic hydroxyl groups excluding tert-OH is 1. The van der Waals surface area contributed by atoms with Crippen LogP contribution in [0.25, 0.3) is 0 Å². The van der Waals surface area contributed by atoms with Crippen molar-refractivity contribution in [3.8, 4) is 23.3 Å². The third-order valence-corrected chi connectivity index (χ3v) is 2.43. The highest BCUT2D eigenvalue weighted by molar-refractivity contribution is 5.48. The number of ether oxygens (including phenoxy) is 2. The van der Waals surface area contributed by atoms with E-state index in [9.17, 15) is 5.11 Å².